The molecule has 90 valence electrons. The molecule has 0 aromatic heterocycles. The lowest BCUT2D eigenvalue weighted by Gasteiger charge is -2.09. The molecule has 0 aromatic rings. The van der Waals surface area contributed by atoms with E-state index in [1.165, 1.54) is 12.8 Å². The monoisotopic (exact) mass is 216 g/mol. The van der Waals surface area contributed by atoms with Crippen molar-refractivity contribution in [1.29, 1.82) is 0 Å². The molecule has 0 rings (SSSR count). The molecule has 0 atom stereocenters. The number of unbranched alkanes of at least 4 members (excludes halogenated alkanes) is 1. The van der Waals surface area contributed by atoms with E-state index in [1.807, 2.05) is 0 Å². The van der Waals surface area contributed by atoms with Crippen LogP contribution in [0.2, 0.25) is 0 Å². The highest BCUT2D eigenvalue weighted by Crippen LogP contribution is 1.90. The number of nitrogens with one attached hydrogen (secondary N) is 1. The van der Waals surface area contributed by atoms with Gasteiger partial charge in [-0.1, -0.05) is 5.16 Å². The Kier molecular flexibility index (Phi) is 9.21. The van der Waals surface area contributed by atoms with Crippen molar-refractivity contribution in [1.82, 2.24) is 10.2 Å². The van der Waals surface area contributed by atoms with Gasteiger partial charge in [-0.2, -0.15) is 0 Å². The lowest BCUT2D eigenvalue weighted by molar-refractivity contribution is 0.316. The molecule has 0 fully saturated rings. The molecule has 0 aromatic carbocycles. The SMILES string of the molecule is CN(C)CCCCNCCCC(N)=NO. The van der Waals surface area contributed by atoms with E-state index in [2.05, 4.69) is 29.5 Å². The molecule has 4 N–H and O–H groups in total. The second kappa shape index (κ2) is 9.73. The molecule has 5 nitrogen and oxygen atoms in total. The van der Waals surface area contributed by atoms with Crippen molar-refractivity contribution in [2.45, 2.75) is 25.7 Å². The summed E-state index contributed by atoms with van der Waals surface area (Å²) in [5, 5.41) is 14.5. The highest BCUT2D eigenvalue weighted by atomic mass is 16.4. The molecule has 15 heavy (non-hydrogen) atoms. The zero-order valence-corrected chi connectivity index (χ0v) is 9.87. The van der Waals surface area contributed by atoms with Crippen molar-refractivity contribution in [2.24, 2.45) is 10.9 Å². The molecule has 0 bridgehead atoms. The number of nitrogens with zero attached hydrogens (tertiary/aromatic N) is 2. The van der Waals surface area contributed by atoms with Crippen LogP contribution in [0.25, 0.3) is 0 Å². The van der Waals surface area contributed by atoms with E-state index in [9.17, 15) is 0 Å². The van der Waals surface area contributed by atoms with Crippen molar-refractivity contribution < 1.29 is 5.21 Å². The normalized spacial score (nSPS) is 12.3. The summed E-state index contributed by atoms with van der Waals surface area (Å²) < 4.78 is 0. The molecule has 0 radical (unpaired) electrons. The summed E-state index contributed by atoms with van der Waals surface area (Å²) in [6, 6.07) is 0. The standard InChI is InChI=1S/C10H24N4O/c1-14(2)9-4-3-7-12-8-5-6-10(11)13-15/h12,15H,3-9H2,1-2H3,(H2,11,13). The first-order chi connectivity index (χ1) is 7.16. The predicted molar refractivity (Wildman–Crippen MR) is 63.3 cm³/mol. The van der Waals surface area contributed by atoms with Crippen molar-refractivity contribution in [3.63, 3.8) is 0 Å². The van der Waals surface area contributed by atoms with Crippen LogP contribution in [-0.4, -0.2) is 49.7 Å². The first-order valence-corrected chi connectivity index (χ1v) is 5.48. The van der Waals surface area contributed by atoms with Crippen LogP contribution >= 0.6 is 0 Å². The van der Waals surface area contributed by atoms with Crippen LogP contribution in [-0.2, 0) is 0 Å². The number of rotatable bonds is 9. The molecular weight excluding hydrogens is 192 g/mol. The second-order valence-corrected chi connectivity index (χ2v) is 3.96. The zero-order valence-electron chi connectivity index (χ0n) is 9.87. The molecular formula is C10H24N4O. The summed E-state index contributed by atoms with van der Waals surface area (Å²) in [6.45, 7) is 3.12. The van der Waals surface area contributed by atoms with Crippen molar-refractivity contribution in [3.05, 3.63) is 0 Å². The summed E-state index contributed by atoms with van der Waals surface area (Å²) >= 11 is 0. The smallest absolute Gasteiger partial charge is 0.139 e. The van der Waals surface area contributed by atoms with Gasteiger partial charge in [0.1, 0.15) is 5.84 Å². The molecule has 0 heterocycles. The largest absolute Gasteiger partial charge is 0.409 e. The lowest BCUT2D eigenvalue weighted by atomic mass is 10.2. The zero-order chi connectivity index (χ0) is 11.5. The Bertz CT molecular complexity index is 171. The fourth-order valence-corrected chi connectivity index (χ4v) is 1.25. The fraction of sp³-hybridized carbons (Fsp3) is 0.900. The first kappa shape index (κ1) is 14.2. The van der Waals surface area contributed by atoms with Crippen molar-refractivity contribution in [2.75, 3.05) is 33.7 Å². The van der Waals surface area contributed by atoms with Gasteiger partial charge in [0.2, 0.25) is 0 Å². The lowest BCUT2D eigenvalue weighted by Crippen LogP contribution is -2.21. The minimum Gasteiger partial charge on any atom is -0.409 e. The number of oxime groups is 1. The second-order valence-electron chi connectivity index (χ2n) is 3.96. The third-order valence-corrected chi connectivity index (χ3v) is 2.12. The molecule has 0 aliphatic rings. The van der Waals surface area contributed by atoms with Gasteiger partial charge in [0.25, 0.3) is 0 Å². The average molecular weight is 216 g/mol. The summed E-state index contributed by atoms with van der Waals surface area (Å²) in [4.78, 5) is 2.19. The van der Waals surface area contributed by atoms with Gasteiger partial charge in [-0.05, 0) is 53.0 Å². The van der Waals surface area contributed by atoms with E-state index in [0.717, 1.165) is 26.1 Å². The Hall–Kier alpha value is -0.810. The Morgan fingerprint density at radius 3 is 2.53 bits per heavy atom. The van der Waals surface area contributed by atoms with Crippen molar-refractivity contribution in [3.8, 4) is 0 Å². The molecule has 0 saturated heterocycles. The van der Waals surface area contributed by atoms with Crippen LogP contribution in [0.15, 0.2) is 5.16 Å². The number of hydrogen-bond acceptors (Lipinski definition) is 4. The van der Waals surface area contributed by atoms with Gasteiger partial charge in [-0.3, -0.25) is 0 Å². The fourth-order valence-electron chi connectivity index (χ4n) is 1.25. The highest BCUT2D eigenvalue weighted by molar-refractivity contribution is 5.79. The van der Waals surface area contributed by atoms with Gasteiger partial charge in [0.15, 0.2) is 0 Å². The third-order valence-electron chi connectivity index (χ3n) is 2.12. The predicted octanol–water partition coefficient (Wildman–Crippen LogP) is 0.444. The van der Waals surface area contributed by atoms with Gasteiger partial charge >= 0.3 is 0 Å². The molecule has 0 aliphatic carbocycles. The van der Waals surface area contributed by atoms with Crippen LogP contribution in [0, 0.1) is 0 Å². The number of nitrogens with two attached hydrogens (primary N) is 1. The molecule has 0 amide bonds. The minimum atomic E-state index is 0.310. The van der Waals surface area contributed by atoms with Crippen LogP contribution < -0.4 is 11.1 Å². The summed E-state index contributed by atoms with van der Waals surface area (Å²) in [5.41, 5.74) is 5.34. The Labute approximate surface area is 92.3 Å². The summed E-state index contributed by atoms with van der Waals surface area (Å²) in [7, 11) is 4.18. The van der Waals surface area contributed by atoms with Crippen LogP contribution in [0.5, 0.6) is 0 Å². The van der Waals surface area contributed by atoms with Gasteiger partial charge in [-0.25, -0.2) is 0 Å². The van der Waals surface area contributed by atoms with Gasteiger partial charge in [0.05, 0.1) is 0 Å². The molecule has 5 heteroatoms. The van der Waals surface area contributed by atoms with E-state index in [4.69, 9.17) is 10.9 Å². The van der Waals surface area contributed by atoms with Crippen LogP contribution in [0.1, 0.15) is 25.7 Å². The van der Waals surface area contributed by atoms with Crippen molar-refractivity contribution >= 4 is 5.84 Å². The maximum Gasteiger partial charge on any atom is 0.139 e. The Balaban J connectivity index is 3.05. The average Bonchev–Trinajstić information content (AvgIpc) is 2.21. The van der Waals surface area contributed by atoms with Gasteiger partial charge < -0.3 is 21.2 Å². The van der Waals surface area contributed by atoms with Gasteiger partial charge in [0, 0.05) is 6.42 Å². The van der Waals surface area contributed by atoms with E-state index in [0.29, 0.717) is 12.3 Å². The Morgan fingerprint density at radius 2 is 1.93 bits per heavy atom. The highest BCUT2D eigenvalue weighted by Gasteiger charge is 1.94. The van der Waals surface area contributed by atoms with E-state index < -0.39 is 0 Å². The van der Waals surface area contributed by atoms with E-state index >= 15 is 0 Å². The van der Waals surface area contributed by atoms with E-state index in [1.54, 1.807) is 0 Å². The molecule has 0 unspecified atom stereocenters. The quantitative estimate of drug-likeness (QED) is 0.172. The first-order valence-electron chi connectivity index (χ1n) is 5.48. The van der Waals surface area contributed by atoms with E-state index in [-0.39, 0.29) is 0 Å². The Morgan fingerprint density at radius 1 is 1.27 bits per heavy atom. The number of hydrogen-bond donors (Lipinski definition) is 3. The topological polar surface area (TPSA) is 73.9 Å². The summed E-state index contributed by atoms with van der Waals surface area (Å²) in [5.74, 6) is 0.310. The maximum atomic E-state index is 8.30. The maximum absolute atomic E-state index is 8.30. The number of amidine groups is 1. The summed E-state index contributed by atoms with van der Waals surface area (Å²) in [6.07, 6.45) is 3.99. The minimum absolute atomic E-state index is 0.310. The van der Waals surface area contributed by atoms with Crippen LogP contribution in [0.4, 0.5) is 0 Å². The molecule has 0 aliphatic heterocycles. The molecule has 0 saturated carbocycles. The van der Waals surface area contributed by atoms with Gasteiger partial charge in [-0.15, -0.1) is 0 Å². The van der Waals surface area contributed by atoms with Crippen LogP contribution in [0.3, 0.4) is 0 Å². The molecule has 0 spiro atoms. The third kappa shape index (κ3) is 11.1.